The van der Waals surface area contributed by atoms with Gasteiger partial charge in [-0.05, 0) is 49.1 Å². The molecule has 0 heterocycles. The molecular weight excluding hydrogens is 426 g/mol. The van der Waals surface area contributed by atoms with Crippen LogP contribution < -0.4 is 4.74 Å². The molecule has 0 aliphatic carbocycles. The van der Waals surface area contributed by atoms with Crippen molar-refractivity contribution < 1.29 is 19.4 Å². The lowest BCUT2D eigenvalue weighted by molar-refractivity contribution is -0.149. The maximum absolute atomic E-state index is 13.1. The Morgan fingerprint density at radius 1 is 0.853 bits per heavy atom. The van der Waals surface area contributed by atoms with Gasteiger partial charge in [0.2, 0.25) is 5.91 Å². The fraction of sp³-hybridized carbons (Fsp3) is 0.310. The highest BCUT2D eigenvalue weighted by Gasteiger charge is 2.27. The summed E-state index contributed by atoms with van der Waals surface area (Å²) in [6.45, 7) is 3.91. The molecule has 0 aliphatic heterocycles. The molecule has 1 atom stereocenters. The summed E-state index contributed by atoms with van der Waals surface area (Å²) < 4.78 is 5.65. The van der Waals surface area contributed by atoms with E-state index in [2.05, 4.69) is 24.3 Å². The SMILES string of the molecule is CC(C)Oc1ccc(CC(C(=O)O)N(C)C(=O)CCC(c2ccccc2)c2ccccc2)cc1. The summed E-state index contributed by atoms with van der Waals surface area (Å²) in [6, 6.07) is 26.7. The van der Waals surface area contributed by atoms with Gasteiger partial charge >= 0.3 is 5.97 Å². The molecule has 0 bridgehead atoms. The normalized spacial score (nSPS) is 11.9. The van der Waals surface area contributed by atoms with Gasteiger partial charge in [-0.1, -0.05) is 72.8 Å². The van der Waals surface area contributed by atoms with Gasteiger partial charge in [-0.2, -0.15) is 0 Å². The molecule has 178 valence electrons. The zero-order chi connectivity index (χ0) is 24.5. The van der Waals surface area contributed by atoms with Crippen LogP contribution in [-0.4, -0.2) is 41.1 Å². The summed E-state index contributed by atoms with van der Waals surface area (Å²) >= 11 is 0. The van der Waals surface area contributed by atoms with Gasteiger partial charge in [0.05, 0.1) is 6.10 Å². The van der Waals surface area contributed by atoms with Gasteiger partial charge in [-0.3, -0.25) is 4.79 Å². The second kappa shape index (κ2) is 12.0. The van der Waals surface area contributed by atoms with Crippen LogP contribution in [0.2, 0.25) is 0 Å². The number of amides is 1. The highest BCUT2D eigenvalue weighted by molar-refractivity contribution is 5.83. The summed E-state index contributed by atoms with van der Waals surface area (Å²) in [7, 11) is 1.58. The van der Waals surface area contributed by atoms with E-state index in [1.807, 2.05) is 74.5 Å². The zero-order valence-electron chi connectivity index (χ0n) is 20.1. The van der Waals surface area contributed by atoms with E-state index >= 15 is 0 Å². The Hall–Kier alpha value is -3.60. The number of likely N-dealkylation sites (N-methyl/N-ethyl adjacent to an activating group) is 1. The summed E-state index contributed by atoms with van der Waals surface area (Å²) in [5.74, 6) is -0.385. The molecule has 3 aromatic carbocycles. The molecular formula is C29H33NO4. The third kappa shape index (κ3) is 6.95. The summed E-state index contributed by atoms with van der Waals surface area (Å²) in [6.07, 6.45) is 1.16. The number of carboxylic acids is 1. The Morgan fingerprint density at radius 3 is 1.85 bits per heavy atom. The Morgan fingerprint density at radius 2 is 1.38 bits per heavy atom. The van der Waals surface area contributed by atoms with Crippen molar-refractivity contribution in [3.63, 3.8) is 0 Å². The standard InChI is InChI=1S/C29H33NO4/c1-21(2)34-25-16-14-22(15-17-25)20-27(29(32)33)30(3)28(31)19-18-26(23-10-6-4-7-11-23)24-12-8-5-9-13-24/h4-17,21,26-27H,18-20H2,1-3H3,(H,32,33). The smallest absolute Gasteiger partial charge is 0.326 e. The Bertz CT molecular complexity index is 1010. The van der Waals surface area contributed by atoms with E-state index in [1.165, 1.54) is 4.90 Å². The maximum Gasteiger partial charge on any atom is 0.326 e. The van der Waals surface area contributed by atoms with Gasteiger partial charge in [0.25, 0.3) is 0 Å². The van der Waals surface area contributed by atoms with Gasteiger partial charge in [-0.25, -0.2) is 4.79 Å². The number of benzene rings is 3. The first kappa shape index (κ1) is 25.0. The van der Waals surface area contributed by atoms with E-state index in [9.17, 15) is 14.7 Å². The molecule has 0 aromatic heterocycles. The average molecular weight is 460 g/mol. The molecule has 1 amide bonds. The highest BCUT2D eigenvalue weighted by atomic mass is 16.5. The number of aliphatic carboxylic acids is 1. The lowest BCUT2D eigenvalue weighted by Crippen LogP contribution is -2.43. The third-order valence-corrected chi connectivity index (χ3v) is 5.92. The van der Waals surface area contributed by atoms with Gasteiger partial charge < -0.3 is 14.7 Å². The number of hydrogen-bond acceptors (Lipinski definition) is 3. The van der Waals surface area contributed by atoms with Gasteiger partial charge in [0, 0.05) is 25.8 Å². The molecule has 0 fully saturated rings. The molecule has 5 nitrogen and oxygen atoms in total. The summed E-state index contributed by atoms with van der Waals surface area (Å²) in [4.78, 5) is 26.5. The van der Waals surface area contributed by atoms with E-state index in [-0.39, 0.29) is 30.8 Å². The van der Waals surface area contributed by atoms with Crippen LogP contribution >= 0.6 is 0 Å². The lowest BCUT2D eigenvalue weighted by Gasteiger charge is -2.26. The van der Waals surface area contributed by atoms with Crippen molar-refractivity contribution in [1.29, 1.82) is 0 Å². The molecule has 3 rings (SSSR count). The maximum atomic E-state index is 13.1. The summed E-state index contributed by atoms with van der Waals surface area (Å²) in [5.41, 5.74) is 3.12. The molecule has 3 aromatic rings. The van der Waals surface area contributed by atoms with Crippen molar-refractivity contribution in [3.8, 4) is 5.75 Å². The number of carboxylic acid groups (broad SMARTS) is 1. The molecule has 1 N–H and O–H groups in total. The van der Waals surface area contributed by atoms with E-state index in [4.69, 9.17) is 4.74 Å². The topological polar surface area (TPSA) is 66.8 Å². The number of ether oxygens (including phenoxy) is 1. The molecule has 0 aliphatic rings. The molecule has 5 heteroatoms. The number of nitrogens with zero attached hydrogens (tertiary/aromatic N) is 1. The zero-order valence-corrected chi connectivity index (χ0v) is 20.1. The molecule has 0 saturated heterocycles. The minimum atomic E-state index is -1.01. The fourth-order valence-electron chi connectivity index (χ4n) is 4.10. The predicted molar refractivity (Wildman–Crippen MR) is 134 cm³/mol. The van der Waals surface area contributed by atoms with Crippen molar-refractivity contribution >= 4 is 11.9 Å². The first-order chi connectivity index (χ1) is 16.3. The molecule has 34 heavy (non-hydrogen) atoms. The van der Waals surface area contributed by atoms with Crippen molar-refractivity contribution in [3.05, 3.63) is 102 Å². The second-order valence-electron chi connectivity index (χ2n) is 8.79. The fourth-order valence-corrected chi connectivity index (χ4v) is 4.10. The minimum Gasteiger partial charge on any atom is -0.491 e. The summed E-state index contributed by atoms with van der Waals surface area (Å²) in [5, 5.41) is 9.84. The van der Waals surface area contributed by atoms with E-state index < -0.39 is 12.0 Å². The van der Waals surface area contributed by atoms with Crippen LogP contribution in [0, 0.1) is 0 Å². The van der Waals surface area contributed by atoms with Crippen LogP contribution in [0.15, 0.2) is 84.9 Å². The highest BCUT2D eigenvalue weighted by Crippen LogP contribution is 2.29. The molecule has 0 spiro atoms. The van der Waals surface area contributed by atoms with E-state index in [0.29, 0.717) is 6.42 Å². The van der Waals surface area contributed by atoms with Gasteiger partial charge in [0.1, 0.15) is 11.8 Å². The lowest BCUT2D eigenvalue weighted by atomic mass is 9.87. The van der Waals surface area contributed by atoms with Crippen LogP contribution in [-0.2, 0) is 16.0 Å². The third-order valence-electron chi connectivity index (χ3n) is 5.92. The Balaban J connectivity index is 1.68. The van der Waals surface area contributed by atoms with E-state index in [0.717, 1.165) is 22.4 Å². The Kier molecular flexibility index (Phi) is 8.86. The van der Waals surface area contributed by atoms with Crippen molar-refractivity contribution in [2.75, 3.05) is 7.05 Å². The van der Waals surface area contributed by atoms with Crippen LogP contribution in [0.3, 0.4) is 0 Å². The number of carbonyl (C=O) groups is 2. The van der Waals surface area contributed by atoms with E-state index in [1.54, 1.807) is 7.05 Å². The second-order valence-corrected chi connectivity index (χ2v) is 8.79. The Labute approximate surface area is 202 Å². The van der Waals surface area contributed by atoms with Crippen molar-refractivity contribution in [2.24, 2.45) is 0 Å². The largest absolute Gasteiger partial charge is 0.491 e. The van der Waals surface area contributed by atoms with Crippen LogP contribution in [0.25, 0.3) is 0 Å². The first-order valence-electron chi connectivity index (χ1n) is 11.7. The van der Waals surface area contributed by atoms with Crippen LogP contribution in [0.4, 0.5) is 0 Å². The number of carbonyl (C=O) groups excluding carboxylic acids is 1. The average Bonchev–Trinajstić information content (AvgIpc) is 2.84. The minimum absolute atomic E-state index is 0.0662. The first-order valence-corrected chi connectivity index (χ1v) is 11.7. The molecule has 1 unspecified atom stereocenters. The number of rotatable bonds is 11. The van der Waals surface area contributed by atoms with Crippen LogP contribution in [0.5, 0.6) is 5.75 Å². The van der Waals surface area contributed by atoms with Crippen molar-refractivity contribution in [1.82, 2.24) is 4.90 Å². The quantitative estimate of drug-likeness (QED) is 0.409. The molecule has 0 saturated carbocycles. The molecule has 0 radical (unpaired) electrons. The van der Waals surface area contributed by atoms with Crippen molar-refractivity contribution in [2.45, 2.75) is 51.2 Å². The van der Waals surface area contributed by atoms with Gasteiger partial charge in [-0.15, -0.1) is 0 Å². The van der Waals surface area contributed by atoms with Crippen LogP contribution in [0.1, 0.15) is 49.3 Å². The predicted octanol–water partition coefficient (Wildman–Crippen LogP) is 5.54. The monoisotopic (exact) mass is 459 g/mol. The number of hydrogen-bond donors (Lipinski definition) is 1. The van der Waals surface area contributed by atoms with Gasteiger partial charge in [0.15, 0.2) is 0 Å².